The molecule has 0 aliphatic carbocycles. The van der Waals surface area contributed by atoms with Gasteiger partial charge in [-0.05, 0) is 111 Å². The van der Waals surface area contributed by atoms with Crippen LogP contribution in [-0.4, -0.2) is 0 Å². The zero-order valence-corrected chi connectivity index (χ0v) is 20.1. The van der Waals surface area contributed by atoms with E-state index in [4.69, 9.17) is 0 Å². The van der Waals surface area contributed by atoms with Crippen molar-refractivity contribution in [3.05, 3.63) is 27.4 Å². The maximum Gasteiger partial charge on any atom is 0.0503 e. The van der Waals surface area contributed by atoms with Crippen molar-refractivity contribution in [1.29, 1.82) is 0 Å². The fourth-order valence-electron chi connectivity index (χ4n) is 1.82. The van der Waals surface area contributed by atoms with Crippen LogP contribution in [0.1, 0.15) is 44.4 Å². The third kappa shape index (κ3) is 3.15. The Labute approximate surface area is 165 Å². The van der Waals surface area contributed by atoms with Crippen molar-refractivity contribution < 1.29 is 0 Å². The van der Waals surface area contributed by atoms with Crippen LogP contribution in [0, 0.1) is 30.0 Å². The van der Waals surface area contributed by atoms with E-state index >= 15 is 0 Å². The first-order valence-corrected chi connectivity index (χ1v) is 10.1. The van der Waals surface area contributed by atoms with Gasteiger partial charge in [0.2, 0.25) is 0 Å². The summed E-state index contributed by atoms with van der Waals surface area (Å²) in [5.41, 5.74) is 4.64. The third-order valence-corrected chi connectivity index (χ3v) is 11.5. The molecular weight excluding hydrogens is 676 g/mol. The summed E-state index contributed by atoms with van der Waals surface area (Å²) < 4.78 is 4.37. The minimum Gasteiger partial charge on any atom is -0.0733 e. The van der Waals surface area contributed by atoms with E-state index in [1.54, 1.807) is 0 Å². The van der Waals surface area contributed by atoms with E-state index in [2.05, 4.69) is 132 Å². The monoisotopic (exact) mass is 694 g/mol. The molecule has 4 heteroatoms. The average molecular weight is 694 g/mol. The van der Waals surface area contributed by atoms with Gasteiger partial charge in [0.05, 0.1) is 3.42 Å². The topological polar surface area (TPSA) is 0 Å². The fourth-order valence-corrected chi connectivity index (χ4v) is 6.09. The molecule has 102 valence electrons. The standard InChI is InChI=1S/C14H18I4/c1-7-8(2)10(15)12(17)11(16)9(7)14(6,18)13(3,4)5/h1-6H3. The molecule has 18 heavy (non-hydrogen) atoms. The number of alkyl halides is 1. The Bertz CT molecular complexity index is 453. The zero-order valence-electron chi connectivity index (χ0n) is 11.5. The highest BCUT2D eigenvalue weighted by molar-refractivity contribution is 14.1. The molecule has 0 nitrogen and oxygen atoms in total. The van der Waals surface area contributed by atoms with Gasteiger partial charge in [-0.3, -0.25) is 0 Å². The Morgan fingerprint density at radius 2 is 1.17 bits per heavy atom. The number of hydrogen-bond donors (Lipinski definition) is 0. The summed E-state index contributed by atoms with van der Waals surface area (Å²) in [5.74, 6) is 0. The molecule has 0 saturated carbocycles. The highest BCUT2D eigenvalue weighted by Crippen LogP contribution is 2.51. The average Bonchev–Trinajstić information content (AvgIpc) is 2.22. The van der Waals surface area contributed by atoms with Gasteiger partial charge in [-0.15, -0.1) is 0 Å². The lowest BCUT2D eigenvalue weighted by Crippen LogP contribution is -2.33. The molecule has 0 heterocycles. The summed E-state index contributed by atoms with van der Waals surface area (Å²) in [7, 11) is 0. The van der Waals surface area contributed by atoms with Gasteiger partial charge in [-0.25, -0.2) is 0 Å². The molecule has 0 aliphatic heterocycles. The number of benzene rings is 1. The predicted molar refractivity (Wildman–Crippen MR) is 115 cm³/mol. The summed E-state index contributed by atoms with van der Waals surface area (Å²) >= 11 is 10.1. The van der Waals surface area contributed by atoms with Crippen molar-refractivity contribution in [2.75, 3.05) is 0 Å². The number of rotatable bonds is 1. The zero-order chi connectivity index (χ0) is 14.5. The van der Waals surface area contributed by atoms with Crippen molar-refractivity contribution in [3.8, 4) is 0 Å². The van der Waals surface area contributed by atoms with E-state index in [-0.39, 0.29) is 8.84 Å². The van der Waals surface area contributed by atoms with Crippen LogP contribution in [0.5, 0.6) is 0 Å². The van der Waals surface area contributed by atoms with Crippen molar-refractivity contribution >= 4 is 90.4 Å². The van der Waals surface area contributed by atoms with Crippen LogP contribution in [0.3, 0.4) is 0 Å². The van der Waals surface area contributed by atoms with Crippen LogP contribution in [0.2, 0.25) is 0 Å². The van der Waals surface area contributed by atoms with E-state index < -0.39 is 0 Å². The summed E-state index contributed by atoms with van der Waals surface area (Å²) in [6.07, 6.45) is 0. The van der Waals surface area contributed by atoms with Crippen LogP contribution in [0.4, 0.5) is 0 Å². The van der Waals surface area contributed by atoms with Gasteiger partial charge < -0.3 is 0 Å². The van der Waals surface area contributed by atoms with Gasteiger partial charge in [-0.2, -0.15) is 0 Å². The lowest BCUT2D eigenvalue weighted by molar-refractivity contribution is 0.320. The van der Waals surface area contributed by atoms with E-state index in [0.717, 1.165) is 0 Å². The summed E-state index contributed by atoms with van der Waals surface area (Å²) in [4.78, 5) is 0. The van der Waals surface area contributed by atoms with E-state index in [1.807, 2.05) is 0 Å². The highest BCUT2D eigenvalue weighted by Gasteiger charge is 2.40. The Hall–Kier alpha value is 2.14. The molecule has 0 spiro atoms. The van der Waals surface area contributed by atoms with Gasteiger partial charge >= 0.3 is 0 Å². The largest absolute Gasteiger partial charge is 0.0733 e. The van der Waals surface area contributed by atoms with Crippen LogP contribution >= 0.6 is 90.4 Å². The van der Waals surface area contributed by atoms with Gasteiger partial charge in [0.25, 0.3) is 0 Å². The lowest BCUT2D eigenvalue weighted by atomic mass is 9.76. The Morgan fingerprint density at radius 3 is 1.56 bits per heavy atom. The van der Waals surface area contributed by atoms with Crippen molar-refractivity contribution in [2.24, 2.45) is 5.41 Å². The van der Waals surface area contributed by atoms with Crippen LogP contribution in [0.15, 0.2) is 0 Å². The SMILES string of the molecule is Cc1c(C)c(C(C)(I)C(C)(C)C)c(I)c(I)c1I. The predicted octanol–water partition coefficient (Wildman–Crippen LogP) is 6.81. The summed E-state index contributed by atoms with van der Waals surface area (Å²) in [6, 6.07) is 0. The lowest BCUT2D eigenvalue weighted by Gasteiger charge is -2.40. The van der Waals surface area contributed by atoms with E-state index in [9.17, 15) is 0 Å². The second-order valence-corrected chi connectivity index (χ2v) is 11.2. The molecule has 0 aliphatic rings. The highest BCUT2D eigenvalue weighted by atomic mass is 127. The van der Waals surface area contributed by atoms with Crippen molar-refractivity contribution in [2.45, 2.75) is 45.0 Å². The molecule has 0 radical (unpaired) electrons. The van der Waals surface area contributed by atoms with E-state index in [1.165, 1.54) is 27.4 Å². The molecule has 1 rings (SSSR count). The normalized spacial score (nSPS) is 15.7. The molecule has 0 N–H and O–H groups in total. The Morgan fingerprint density at radius 1 is 0.722 bits per heavy atom. The van der Waals surface area contributed by atoms with Crippen LogP contribution in [0.25, 0.3) is 0 Å². The molecule has 0 aromatic heterocycles. The molecule has 0 saturated heterocycles. The molecule has 1 aromatic rings. The van der Waals surface area contributed by atoms with Gasteiger partial charge in [-0.1, -0.05) is 43.4 Å². The smallest absolute Gasteiger partial charge is 0.0503 e. The first kappa shape index (κ1) is 18.2. The van der Waals surface area contributed by atoms with E-state index in [0.29, 0.717) is 0 Å². The third-order valence-electron chi connectivity index (χ3n) is 3.75. The first-order valence-electron chi connectivity index (χ1n) is 5.76. The molecule has 1 atom stereocenters. The maximum absolute atomic E-state index is 2.63. The minimum atomic E-state index is 0.139. The molecule has 1 aromatic carbocycles. The minimum absolute atomic E-state index is 0.139. The first-order chi connectivity index (χ1) is 7.93. The number of halogens is 4. The van der Waals surface area contributed by atoms with Gasteiger partial charge in [0, 0.05) is 10.7 Å². The van der Waals surface area contributed by atoms with Crippen LogP contribution < -0.4 is 0 Å². The summed E-state index contributed by atoms with van der Waals surface area (Å²) in [6.45, 7) is 13.9. The maximum atomic E-state index is 2.63. The van der Waals surface area contributed by atoms with Crippen molar-refractivity contribution in [1.82, 2.24) is 0 Å². The molecule has 0 amide bonds. The molecular formula is C14H18I4. The summed E-state index contributed by atoms with van der Waals surface area (Å²) in [5, 5.41) is 0. The Balaban J connectivity index is 3.72. The van der Waals surface area contributed by atoms with Gasteiger partial charge in [0.15, 0.2) is 0 Å². The van der Waals surface area contributed by atoms with Crippen LogP contribution in [-0.2, 0) is 3.42 Å². The number of hydrogen-bond acceptors (Lipinski definition) is 0. The second-order valence-electron chi connectivity index (χ2n) is 5.82. The quantitative estimate of drug-likeness (QED) is 0.172. The molecule has 0 fully saturated rings. The fraction of sp³-hybridized carbons (Fsp3) is 0.571. The van der Waals surface area contributed by atoms with Crippen molar-refractivity contribution in [3.63, 3.8) is 0 Å². The van der Waals surface area contributed by atoms with Gasteiger partial charge in [0.1, 0.15) is 0 Å². The second kappa shape index (κ2) is 6.10. The molecule has 1 unspecified atom stereocenters. The Kier molecular flexibility index (Phi) is 6.16. The molecule has 0 bridgehead atoms.